The smallest absolute Gasteiger partial charge is 0.0536 e. The maximum absolute atomic E-state index is 5.91. The van der Waals surface area contributed by atoms with Crippen LogP contribution < -0.4 is 5.73 Å². The van der Waals surface area contributed by atoms with Gasteiger partial charge in [-0.25, -0.2) is 0 Å². The highest BCUT2D eigenvalue weighted by Crippen LogP contribution is 2.18. The predicted molar refractivity (Wildman–Crippen MR) is 60.4 cm³/mol. The molecule has 0 radical (unpaired) electrons. The van der Waals surface area contributed by atoms with Crippen LogP contribution in [0.3, 0.4) is 0 Å². The van der Waals surface area contributed by atoms with Gasteiger partial charge in [-0.1, -0.05) is 0 Å². The topological polar surface area (TPSA) is 47.1 Å². The maximum atomic E-state index is 5.91. The zero-order valence-corrected chi connectivity index (χ0v) is 9.34. The van der Waals surface area contributed by atoms with Crippen LogP contribution in [0.1, 0.15) is 13.3 Å². The molecule has 2 heterocycles. The molecule has 0 spiro atoms. The quantitative estimate of drug-likeness (QED) is 0.786. The van der Waals surface area contributed by atoms with Gasteiger partial charge in [0.1, 0.15) is 0 Å². The first kappa shape index (κ1) is 10.6. The summed E-state index contributed by atoms with van der Waals surface area (Å²) in [7, 11) is 0. The van der Waals surface area contributed by atoms with Crippen molar-refractivity contribution in [1.29, 1.82) is 0 Å². The van der Waals surface area contributed by atoms with Gasteiger partial charge in [0.2, 0.25) is 0 Å². The summed E-state index contributed by atoms with van der Waals surface area (Å²) in [6, 6.07) is 2.30. The van der Waals surface area contributed by atoms with Crippen LogP contribution in [0.5, 0.6) is 0 Å². The van der Waals surface area contributed by atoms with E-state index in [0.29, 0.717) is 12.0 Å². The van der Waals surface area contributed by atoms with E-state index in [1.54, 1.807) is 0 Å². The second-order valence-electron chi connectivity index (χ2n) is 4.48. The Morgan fingerprint density at radius 1 is 1.53 bits per heavy atom. The molecular formula is C11H20N4. The Balaban J connectivity index is 1.73. The molecule has 1 aliphatic rings. The Kier molecular flexibility index (Phi) is 3.38. The molecule has 1 fully saturated rings. The largest absolute Gasteiger partial charge is 0.328 e. The van der Waals surface area contributed by atoms with Crippen molar-refractivity contribution in [2.45, 2.75) is 25.9 Å². The molecule has 1 saturated heterocycles. The van der Waals surface area contributed by atoms with Crippen molar-refractivity contribution in [2.24, 2.45) is 11.7 Å². The van der Waals surface area contributed by atoms with Crippen LogP contribution >= 0.6 is 0 Å². The summed E-state index contributed by atoms with van der Waals surface area (Å²) >= 11 is 0. The number of nitrogens with two attached hydrogens (primary N) is 1. The first-order valence-electron chi connectivity index (χ1n) is 5.71. The van der Waals surface area contributed by atoms with Gasteiger partial charge in [0.15, 0.2) is 0 Å². The van der Waals surface area contributed by atoms with Gasteiger partial charge < -0.3 is 10.6 Å². The summed E-state index contributed by atoms with van der Waals surface area (Å²) in [6.07, 6.45) is 5.09. The maximum Gasteiger partial charge on any atom is 0.0536 e. The molecule has 1 aromatic rings. The number of aromatic nitrogens is 2. The summed E-state index contributed by atoms with van der Waals surface area (Å²) in [4.78, 5) is 2.48. The molecule has 0 saturated carbocycles. The third-order valence-corrected chi connectivity index (χ3v) is 3.26. The number of nitrogens with zero attached hydrogens (tertiary/aromatic N) is 3. The summed E-state index contributed by atoms with van der Waals surface area (Å²) in [5.74, 6) is 0.683. The van der Waals surface area contributed by atoms with Gasteiger partial charge in [0, 0.05) is 31.5 Å². The molecule has 15 heavy (non-hydrogen) atoms. The third-order valence-electron chi connectivity index (χ3n) is 3.26. The zero-order chi connectivity index (χ0) is 10.7. The Hall–Kier alpha value is -0.870. The lowest BCUT2D eigenvalue weighted by Gasteiger charge is -2.17. The average Bonchev–Trinajstić information content (AvgIpc) is 2.86. The second-order valence-corrected chi connectivity index (χ2v) is 4.48. The highest BCUT2D eigenvalue weighted by atomic mass is 15.3. The SMILES string of the molecule is CC(N)C1CCN(CCn2cccn2)C1. The number of rotatable bonds is 4. The van der Waals surface area contributed by atoms with Crippen LogP contribution in [-0.2, 0) is 6.54 Å². The molecule has 2 unspecified atom stereocenters. The lowest BCUT2D eigenvalue weighted by Crippen LogP contribution is -2.31. The van der Waals surface area contributed by atoms with Crippen LogP contribution in [0, 0.1) is 5.92 Å². The van der Waals surface area contributed by atoms with Crippen molar-refractivity contribution in [3.8, 4) is 0 Å². The monoisotopic (exact) mass is 208 g/mol. The second kappa shape index (κ2) is 4.77. The van der Waals surface area contributed by atoms with E-state index in [9.17, 15) is 0 Å². The molecule has 0 amide bonds. The van der Waals surface area contributed by atoms with E-state index in [1.807, 2.05) is 23.1 Å². The van der Waals surface area contributed by atoms with Gasteiger partial charge in [-0.15, -0.1) is 0 Å². The fourth-order valence-electron chi connectivity index (χ4n) is 2.17. The molecule has 2 atom stereocenters. The van der Waals surface area contributed by atoms with E-state index < -0.39 is 0 Å². The highest BCUT2D eigenvalue weighted by Gasteiger charge is 2.24. The molecule has 4 nitrogen and oxygen atoms in total. The standard InChI is InChI=1S/C11H20N4/c1-10(12)11-3-6-14(9-11)7-8-15-5-2-4-13-15/h2,4-5,10-11H,3,6-9,12H2,1H3. The van der Waals surface area contributed by atoms with E-state index in [4.69, 9.17) is 5.73 Å². The first-order chi connectivity index (χ1) is 7.25. The molecule has 1 aliphatic heterocycles. The van der Waals surface area contributed by atoms with Gasteiger partial charge in [-0.3, -0.25) is 4.68 Å². The van der Waals surface area contributed by atoms with E-state index in [2.05, 4.69) is 16.9 Å². The number of hydrogen-bond acceptors (Lipinski definition) is 3. The molecule has 0 bridgehead atoms. The van der Waals surface area contributed by atoms with Gasteiger partial charge in [0.25, 0.3) is 0 Å². The van der Waals surface area contributed by atoms with Crippen molar-refractivity contribution in [2.75, 3.05) is 19.6 Å². The zero-order valence-electron chi connectivity index (χ0n) is 9.34. The average molecular weight is 208 g/mol. The Morgan fingerprint density at radius 2 is 2.40 bits per heavy atom. The summed E-state index contributed by atoms with van der Waals surface area (Å²) < 4.78 is 1.99. The minimum absolute atomic E-state index is 0.333. The van der Waals surface area contributed by atoms with Crippen molar-refractivity contribution in [3.63, 3.8) is 0 Å². The van der Waals surface area contributed by atoms with Crippen LogP contribution in [0.25, 0.3) is 0 Å². The molecule has 4 heteroatoms. The molecule has 2 N–H and O–H groups in total. The Morgan fingerprint density at radius 3 is 3.00 bits per heavy atom. The van der Waals surface area contributed by atoms with Crippen LogP contribution in [-0.4, -0.2) is 40.4 Å². The third kappa shape index (κ3) is 2.79. The summed E-state index contributed by atoms with van der Waals surface area (Å²) in [6.45, 7) is 6.53. The molecule has 0 aliphatic carbocycles. The molecule has 84 valence electrons. The van der Waals surface area contributed by atoms with Crippen LogP contribution in [0.15, 0.2) is 18.5 Å². The molecule has 2 rings (SSSR count). The fourth-order valence-corrected chi connectivity index (χ4v) is 2.17. The fraction of sp³-hybridized carbons (Fsp3) is 0.727. The van der Waals surface area contributed by atoms with E-state index >= 15 is 0 Å². The van der Waals surface area contributed by atoms with Gasteiger partial charge in [0.05, 0.1) is 6.54 Å². The summed E-state index contributed by atoms with van der Waals surface area (Å²) in [5.41, 5.74) is 5.91. The molecule has 1 aromatic heterocycles. The van der Waals surface area contributed by atoms with Crippen molar-refractivity contribution in [3.05, 3.63) is 18.5 Å². The number of hydrogen-bond donors (Lipinski definition) is 1. The molecule has 0 aromatic carbocycles. The Bertz CT molecular complexity index is 281. The minimum Gasteiger partial charge on any atom is -0.328 e. The van der Waals surface area contributed by atoms with Crippen molar-refractivity contribution < 1.29 is 0 Å². The van der Waals surface area contributed by atoms with Crippen molar-refractivity contribution in [1.82, 2.24) is 14.7 Å². The normalized spacial score (nSPS) is 24.5. The Labute approximate surface area is 91.1 Å². The molecular weight excluding hydrogens is 188 g/mol. The highest BCUT2D eigenvalue weighted by molar-refractivity contribution is 4.82. The number of likely N-dealkylation sites (tertiary alicyclic amines) is 1. The first-order valence-corrected chi connectivity index (χ1v) is 5.71. The van der Waals surface area contributed by atoms with Crippen LogP contribution in [0.2, 0.25) is 0 Å². The minimum atomic E-state index is 0.333. The summed E-state index contributed by atoms with van der Waals surface area (Å²) in [5, 5.41) is 4.20. The van der Waals surface area contributed by atoms with Crippen molar-refractivity contribution >= 4 is 0 Å². The van der Waals surface area contributed by atoms with E-state index in [-0.39, 0.29) is 0 Å². The lowest BCUT2D eigenvalue weighted by molar-refractivity contribution is 0.297. The van der Waals surface area contributed by atoms with Gasteiger partial charge >= 0.3 is 0 Å². The van der Waals surface area contributed by atoms with E-state index in [1.165, 1.54) is 13.0 Å². The predicted octanol–water partition coefficient (Wildman–Crippen LogP) is 0.552. The van der Waals surface area contributed by atoms with Crippen LogP contribution in [0.4, 0.5) is 0 Å². The van der Waals surface area contributed by atoms with E-state index in [0.717, 1.165) is 19.6 Å². The van der Waals surface area contributed by atoms with Gasteiger partial charge in [-0.05, 0) is 31.9 Å². The van der Waals surface area contributed by atoms with Gasteiger partial charge in [-0.2, -0.15) is 5.10 Å². The lowest BCUT2D eigenvalue weighted by atomic mass is 10.0.